The Labute approximate surface area is 293 Å². The van der Waals surface area contributed by atoms with Gasteiger partial charge in [-0.1, -0.05) is 133 Å². The standard InChI is InChI=1S/C48H36N2/c1-4-12-34(13-5-1)35-20-22-36(23-21-35)37-24-27-40(28-25-37)49-41-29-30-43(45(33-41)38-14-6-2-7-15-38)39-26-31-48-46(32-39)44-18-10-11-19-47(44)50(48)42-16-8-3-9-17-42/h1-20,22,24-33,49H,21,23H2. The summed E-state index contributed by atoms with van der Waals surface area (Å²) in [6, 6.07) is 63.3. The highest BCUT2D eigenvalue weighted by atomic mass is 15.0. The Bertz CT molecular complexity index is 2520. The number of hydrogen-bond donors (Lipinski definition) is 1. The van der Waals surface area contributed by atoms with Crippen LogP contribution in [0.1, 0.15) is 24.0 Å². The molecule has 0 fully saturated rings. The Hall–Kier alpha value is -6.38. The van der Waals surface area contributed by atoms with Crippen LogP contribution in [-0.4, -0.2) is 4.57 Å². The van der Waals surface area contributed by atoms with E-state index in [1.807, 2.05) is 0 Å². The van der Waals surface area contributed by atoms with Gasteiger partial charge in [0, 0.05) is 27.8 Å². The van der Waals surface area contributed by atoms with E-state index in [0.717, 1.165) is 24.2 Å². The monoisotopic (exact) mass is 640 g/mol. The van der Waals surface area contributed by atoms with Crippen molar-refractivity contribution >= 4 is 44.3 Å². The molecule has 0 saturated carbocycles. The number of anilines is 2. The molecule has 1 aliphatic carbocycles. The molecule has 50 heavy (non-hydrogen) atoms. The molecular formula is C48H36N2. The lowest BCUT2D eigenvalue weighted by molar-refractivity contribution is 1.07. The molecule has 1 aliphatic rings. The SMILES string of the molecule is C1=C(c2ccccc2)CCC(c2ccc(Nc3ccc(-c4ccc5c(c4)c4ccccc4n5-c4ccccc4)c(-c4ccccc4)c3)cc2)=C1. The first kappa shape index (κ1) is 29.7. The van der Waals surface area contributed by atoms with Gasteiger partial charge in [0.2, 0.25) is 0 Å². The van der Waals surface area contributed by atoms with Gasteiger partial charge in [-0.2, -0.15) is 0 Å². The molecule has 0 spiro atoms. The minimum Gasteiger partial charge on any atom is -0.356 e. The Morgan fingerprint density at radius 3 is 1.64 bits per heavy atom. The van der Waals surface area contributed by atoms with Crippen LogP contribution < -0.4 is 5.32 Å². The number of aromatic nitrogens is 1. The summed E-state index contributed by atoms with van der Waals surface area (Å²) >= 11 is 0. The average Bonchev–Trinajstić information content (AvgIpc) is 3.53. The van der Waals surface area contributed by atoms with E-state index >= 15 is 0 Å². The van der Waals surface area contributed by atoms with E-state index in [1.54, 1.807) is 0 Å². The molecule has 1 aromatic heterocycles. The van der Waals surface area contributed by atoms with Crippen LogP contribution in [0.4, 0.5) is 11.4 Å². The van der Waals surface area contributed by atoms with Crippen molar-refractivity contribution in [3.8, 4) is 27.9 Å². The number of fused-ring (bicyclic) bond motifs is 3. The largest absolute Gasteiger partial charge is 0.356 e. The number of para-hydroxylation sites is 2. The Morgan fingerprint density at radius 2 is 0.940 bits per heavy atom. The van der Waals surface area contributed by atoms with Gasteiger partial charge in [0.15, 0.2) is 0 Å². The summed E-state index contributed by atoms with van der Waals surface area (Å²) in [5, 5.41) is 6.20. The fourth-order valence-corrected chi connectivity index (χ4v) is 7.43. The van der Waals surface area contributed by atoms with Gasteiger partial charge >= 0.3 is 0 Å². The van der Waals surface area contributed by atoms with Gasteiger partial charge in [-0.05, 0) is 112 Å². The second-order valence-electron chi connectivity index (χ2n) is 13.0. The minimum atomic E-state index is 1.05. The lowest BCUT2D eigenvalue weighted by atomic mass is 9.90. The molecule has 1 heterocycles. The fraction of sp³-hybridized carbons (Fsp3) is 0.0417. The summed E-state index contributed by atoms with van der Waals surface area (Å²) in [5.74, 6) is 0. The first-order chi connectivity index (χ1) is 24.8. The Kier molecular flexibility index (Phi) is 7.68. The van der Waals surface area contributed by atoms with Crippen molar-refractivity contribution in [2.45, 2.75) is 12.8 Å². The molecule has 0 unspecified atom stereocenters. The lowest BCUT2D eigenvalue weighted by Gasteiger charge is -2.17. The number of nitrogens with one attached hydrogen (secondary N) is 1. The summed E-state index contributed by atoms with van der Waals surface area (Å²) in [7, 11) is 0. The molecule has 8 aromatic rings. The van der Waals surface area contributed by atoms with E-state index in [1.165, 1.54) is 72.0 Å². The number of rotatable bonds is 7. The number of allylic oxidation sites excluding steroid dienone is 4. The zero-order valence-electron chi connectivity index (χ0n) is 27.8. The molecule has 238 valence electrons. The predicted molar refractivity (Wildman–Crippen MR) is 213 cm³/mol. The first-order valence-corrected chi connectivity index (χ1v) is 17.4. The van der Waals surface area contributed by atoms with Crippen molar-refractivity contribution in [3.63, 3.8) is 0 Å². The molecule has 0 bridgehead atoms. The maximum Gasteiger partial charge on any atom is 0.0541 e. The van der Waals surface area contributed by atoms with Crippen LogP contribution in [-0.2, 0) is 0 Å². The molecule has 1 N–H and O–H groups in total. The van der Waals surface area contributed by atoms with Crippen LogP contribution >= 0.6 is 0 Å². The molecule has 0 saturated heterocycles. The molecule has 0 aliphatic heterocycles. The van der Waals surface area contributed by atoms with Gasteiger partial charge in [-0.15, -0.1) is 0 Å². The van der Waals surface area contributed by atoms with Crippen LogP contribution in [0.3, 0.4) is 0 Å². The predicted octanol–water partition coefficient (Wildman–Crippen LogP) is 13.1. The number of hydrogen-bond acceptors (Lipinski definition) is 1. The zero-order chi connectivity index (χ0) is 33.3. The number of nitrogens with zero attached hydrogens (tertiary/aromatic N) is 1. The molecule has 2 nitrogen and oxygen atoms in total. The van der Waals surface area contributed by atoms with E-state index in [-0.39, 0.29) is 0 Å². The van der Waals surface area contributed by atoms with Crippen LogP contribution in [0.5, 0.6) is 0 Å². The average molecular weight is 641 g/mol. The van der Waals surface area contributed by atoms with Crippen LogP contribution in [0.2, 0.25) is 0 Å². The molecule has 7 aromatic carbocycles. The van der Waals surface area contributed by atoms with E-state index in [9.17, 15) is 0 Å². The summed E-state index contributed by atoms with van der Waals surface area (Å²) < 4.78 is 2.37. The van der Waals surface area contributed by atoms with E-state index in [2.05, 4.69) is 198 Å². The molecule has 0 radical (unpaired) electrons. The third kappa shape index (κ3) is 5.61. The quantitative estimate of drug-likeness (QED) is 0.183. The Balaban J connectivity index is 1.05. The van der Waals surface area contributed by atoms with Gasteiger partial charge in [0.05, 0.1) is 11.0 Å². The van der Waals surface area contributed by atoms with Crippen LogP contribution in [0.15, 0.2) is 188 Å². The minimum absolute atomic E-state index is 1.05. The normalized spacial score (nSPS) is 12.9. The maximum absolute atomic E-state index is 3.69. The molecule has 2 heteroatoms. The van der Waals surface area contributed by atoms with Gasteiger partial charge in [0.1, 0.15) is 0 Å². The number of benzene rings is 7. The van der Waals surface area contributed by atoms with Crippen molar-refractivity contribution in [1.29, 1.82) is 0 Å². The van der Waals surface area contributed by atoms with Crippen molar-refractivity contribution in [2.75, 3.05) is 5.32 Å². The second kappa shape index (κ2) is 12.9. The molecule has 0 amide bonds. The van der Waals surface area contributed by atoms with Crippen molar-refractivity contribution in [3.05, 3.63) is 199 Å². The van der Waals surface area contributed by atoms with Crippen molar-refractivity contribution < 1.29 is 0 Å². The van der Waals surface area contributed by atoms with E-state index in [4.69, 9.17) is 0 Å². The van der Waals surface area contributed by atoms with Gasteiger partial charge in [-0.3, -0.25) is 0 Å². The molecule has 0 atom stereocenters. The highest BCUT2D eigenvalue weighted by Gasteiger charge is 2.16. The second-order valence-corrected chi connectivity index (χ2v) is 13.0. The van der Waals surface area contributed by atoms with Crippen molar-refractivity contribution in [2.24, 2.45) is 0 Å². The third-order valence-corrected chi connectivity index (χ3v) is 9.94. The van der Waals surface area contributed by atoms with Gasteiger partial charge in [-0.25, -0.2) is 0 Å². The van der Waals surface area contributed by atoms with E-state index < -0.39 is 0 Å². The lowest BCUT2D eigenvalue weighted by Crippen LogP contribution is -1.95. The Morgan fingerprint density at radius 1 is 0.380 bits per heavy atom. The van der Waals surface area contributed by atoms with Crippen molar-refractivity contribution in [1.82, 2.24) is 4.57 Å². The third-order valence-electron chi connectivity index (χ3n) is 9.94. The molecule has 9 rings (SSSR count). The maximum atomic E-state index is 3.69. The van der Waals surface area contributed by atoms with Gasteiger partial charge < -0.3 is 9.88 Å². The molecular weight excluding hydrogens is 605 g/mol. The van der Waals surface area contributed by atoms with E-state index in [0.29, 0.717) is 0 Å². The zero-order valence-corrected chi connectivity index (χ0v) is 27.8. The topological polar surface area (TPSA) is 17.0 Å². The summed E-state index contributed by atoms with van der Waals surface area (Å²) in [6.07, 6.45) is 6.68. The smallest absolute Gasteiger partial charge is 0.0541 e. The highest BCUT2D eigenvalue weighted by Crippen LogP contribution is 2.40. The summed E-state index contributed by atoms with van der Waals surface area (Å²) in [6.45, 7) is 0. The van der Waals surface area contributed by atoms with Crippen LogP contribution in [0.25, 0.3) is 60.9 Å². The summed E-state index contributed by atoms with van der Waals surface area (Å²) in [5.41, 5.74) is 15.9. The van der Waals surface area contributed by atoms with Gasteiger partial charge in [0.25, 0.3) is 0 Å². The highest BCUT2D eigenvalue weighted by molar-refractivity contribution is 6.11. The summed E-state index contributed by atoms with van der Waals surface area (Å²) in [4.78, 5) is 0. The fourth-order valence-electron chi connectivity index (χ4n) is 7.43. The van der Waals surface area contributed by atoms with Crippen LogP contribution in [0, 0.1) is 0 Å². The first-order valence-electron chi connectivity index (χ1n) is 17.4.